The molecule has 0 unspecified atom stereocenters. The van der Waals surface area contributed by atoms with Crippen molar-refractivity contribution in [2.24, 2.45) is 10.2 Å². The Balaban J connectivity index is 3.07. The fraction of sp³-hybridized carbons (Fsp3) is 0.0769. The van der Waals surface area contributed by atoms with E-state index >= 15 is 0 Å². The van der Waals surface area contributed by atoms with Gasteiger partial charge in [-0.15, -0.1) is 11.7 Å². The lowest BCUT2D eigenvalue weighted by Gasteiger charge is -2.14. The van der Waals surface area contributed by atoms with E-state index in [2.05, 4.69) is 23.4 Å². The van der Waals surface area contributed by atoms with Gasteiger partial charge >= 0.3 is 0 Å². The van der Waals surface area contributed by atoms with Gasteiger partial charge in [-0.3, -0.25) is 0 Å². The van der Waals surface area contributed by atoms with Crippen LogP contribution in [0.2, 0.25) is 0 Å². The number of anilines is 1. The van der Waals surface area contributed by atoms with Gasteiger partial charge in [-0.25, -0.2) is 0 Å². The van der Waals surface area contributed by atoms with E-state index in [1.54, 1.807) is 12.3 Å². The highest BCUT2D eigenvalue weighted by atomic mass is 16.3. The molecule has 0 aliphatic carbocycles. The van der Waals surface area contributed by atoms with Gasteiger partial charge in [-0.2, -0.15) is 10.2 Å². The van der Waals surface area contributed by atoms with E-state index in [0.29, 0.717) is 6.42 Å². The van der Waals surface area contributed by atoms with Crippen molar-refractivity contribution in [1.82, 2.24) is 0 Å². The number of rotatable bonds is 6. The van der Waals surface area contributed by atoms with Gasteiger partial charge < -0.3 is 10.2 Å². The van der Waals surface area contributed by atoms with Gasteiger partial charge in [0, 0.05) is 24.9 Å². The molecule has 0 saturated carbocycles. The number of hydrazone groups is 2. The first kappa shape index (κ1) is 13.5. The lowest BCUT2D eigenvalue weighted by Crippen LogP contribution is -2.08. The quantitative estimate of drug-likeness (QED) is 0.350. The Morgan fingerprint density at radius 3 is 2.67 bits per heavy atom. The van der Waals surface area contributed by atoms with E-state index in [4.69, 9.17) is 0 Å². The van der Waals surface area contributed by atoms with Crippen molar-refractivity contribution in [3.8, 4) is 11.5 Å². The Labute approximate surface area is 106 Å². The van der Waals surface area contributed by atoms with Crippen LogP contribution in [0, 0.1) is 0 Å². The largest absolute Gasteiger partial charge is 0.508 e. The molecular weight excluding hydrogens is 230 g/mol. The van der Waals surface area contributed by atoms with Gasteiger partial charge in [0.05, 0.1) is 0 Å². The van der Waals surface area contributed by atoms with Crippen molar-refractivity contribution in [2.45, 2.75) is 6.42 Å². The van der Waals surface area contributed by atoms with E-state index < -0.39 is 0 Å². The summed E-state index contributed by atoms with van der Waals surface area (Å²) < 4.78 is 0. The Bertz CT molecular complexity index is 481. The van der Waals surface area contributed by atoms with Crippen LogP contribution >= 0.6 is 0 Å². The second kappa shape index (κ2) is 6.90. The van der Waals surface area contributed by atoms with Crippen molar-refractivity contribution >= 4 is 18.1 Å². The Hall–Kier alpha value is -2.56. The monoisotopic (exact) mass is 245 g/mol. The van der Waals surface area contributed by atoms with Crippen LogP contribution in [-0.2, 0) is 0 Å². The first-order chi connectivity index (χ1) is 8.69. The molecule has 0 fully saturated rings. The topological polar surface area (TPSA) is 68.4 Å². The van der Waals surface area contributed by atoms with Crippen molar-refractivity contribution < 1.29 is 10.2 Å². The normalized spacial score (nSPS) is 10.9. The van der Waals surface area contributed by atoms with Gasteiger partial charge in [0.1, 0.15) is 17.2 Å². The van der Waals surface area contributed by atoms with Gasteiger partial charge in [0.2, 0.25) is 0 Å². The molecule has 1 aromatic carbocycles. The SMILES string of the molecule is C=C/C=N/N(/N=C\CC=C)c1cc(O)ccc1O. The zero-order valence-electron chi connectivity index (χ0n) is 9.90. The number of benzene rings is 1. The maximum absolute atomic E-state index is 9.71. The molecule has 0 bridgehead atoms. The summed E-state index contributed by atoms with van der Waals surface area (Å²) in [7, 11) is 0. The first-order valence-electron chi connectivity index (χ1n) is 5.29. The molecule has 18 heavy (non-hydrogen) atoms. The zero-order valence-corrected chi connectivity index (χ0v) is 9.90. The van der Waals surface area contributed by atoms with Gasteiger partial charge in [0.15, 0.2) is 0 Å². The molecule has 0 radical (unpaired) electrons. The predicted octanol–water partition coefficient (Wildman–Crippen LogP) is 2.64. The third-order valence-electron chi connectivity index (χ3n) is 1.92. The summed E-state index contributed by atoms with van der Waals surface area (Å²) in [5.74, 6) is -0.0229. The van der Waals surface area contributed by atoms with E-state index in [1.165, 1.54) is 35.6 Å². The van der Waals surface area contributed by atoms with Crippen LogP contribution in [0.3, 0.4) is 0 Å². The number of allylic oxidation sites excluding steroid dienone is 2. The molecule has 0 saturated heterocycles. The number of hydrogen-bond donors (Lipinski definition) is 2. The minimum absolute atomic E-state index is 0.0144. The molecule has 1 aromatic rings. The first-order valence-corrected chi connectivity index (χ1v) is 5.29. The molecule has 2 N–H and O–H groups in total. The highest BCUT2D eigenvalue weighted by Crippen LogP contribution is 2.31. The fourth-order valence-corrected chi connectivity index (χ4v) is 1.14. The third-order valence-corrected chi connectivity index (χ3v) is 1.92. The summed E-state index contributed by atoms with van der Waals surface area (Å²) in [6.07, 6.45) is 6.74. The molecule has 0 spiro atoms. The lowest BCUT2D eigenvalue weighted by atomic mass is 10.3. The molecule has 0 atom stereocenters. The molecular formula is C13H15N3O2. The van der Waals surface area contributed by atoms with E-state index in [0.717, 1.165) is 0 Å². The molecule has 0 amide bonds. The zero-order chi connectivity index (χ0) is 13.4. The minimum atomic E-state index is -0.0373. The Kier molecular flexibility index (Phi) is 5.18. The summed E-state index contributed by atoms with van der Waals surface area (Å²) in [6, 6.07) is 4.10. The van der Waals surface area contributed by atoms with Crippen molar-refractivity contribution in [2.75, 3.05) is 5.12 Å². The molecule has 94 valence electrons. The number of aromatic hydroxyl groups is 2. The summed E-state index contributed by atoms with van der Waals surface area (Å²) in [4.78, 5) is 0. The second-order valence-corrected chi connectivity index (χ2v) is 3.29. The Morgan fingerprint density at radius 2 is 2.00 bits per heavy atom. The van der Waals surface area contributed by atoms with Crippen LogP contribution in [0.25, 0.3) is 0 Å². The maximum Gasteiger partial charge on any atom is 0.143 e. The van der Waals surface area contributed by atoms with Crippen molar-refractivity contribution in [1.29, 1.82) is 0 Å². The third kappa shape index (κ3) is 3.79. The number of phenolic OH excluding ortho intramolecular Hbond substituents is 2. The standard InChI is InChI=1S/C13H15N3O2/c1-3-5-9-15-16(14-8-4-2)12-10-11(17)6-7-13(12)18/h3-4,6-10,17-18H,1-2,5H2/b14-8+,15-9-. The van der Waals surface area contributed by atoms with Crippen molar-refractivity contribution in [3.63, 3.8) is 0 Å². The van der Waals surface area contributed by atoms with Crippen molar-refractivity contribution in [3.05, 3.63) is 43.5 Å². The second-order valence-electron chi connectivity index (χ2n) is 3.29. The Morgan fingerprint density at radius 1 is 1.22 bits per heavy atom. The summed E-state index contributed by atoms with van der Waals surface area (Å²) in [5.41, 5.74) is 0.272. The van der Waals surface area contributed by atoms with Crippen LogP contribution in [0.5, 0.6) is 11.5 Å². The van der Waals surface area contributed by atoms with Crippen LogP contribution in [0.4, 0.5) is 5.69 Å². The number of hydrogen-bond acceptors (Lipinski definition) is 5. The smallest absolute Gasteiger partial charge is 0.143 e. The molecule has 1 rings (SSSR count). The van der Waals surface area contributed by atoms with E-state index in [1.807, 2.05) is 0 Å². The van der Waals surface area contributed by atoms with Gasteiger partial charge in [0.25, 0.3) is 0 Å². The lowest BCUT2D eigenvalue weighted by molar-refractivity contribution is 0.459. The number of phenols is 2. The average molecular weight is 245 g/mol. The van der Waals surface area contributed by atoms with Crippen LogP contribution in [-0.4, -0.2) is 22.6 Å². The molecule has 5 nitrogen and oxygen atoms in total. The van der Waals surface area contributed by atoms with Crippen LogP contribution in [0.15, 0.2) is 53.7 Å². The van der Waals surface area contributed by atoms with E-state index in [9.17, 15) is 10.2 Å². The average Bonchev–Trinajstić information content (AvgIpc) is 2.37. The molecule has 0 aromatic heterocycles. The van der Waals surface area contributed by atoms with Gasteiger partial charge in [-0.1, -0.05) is 12.7 Å². The molecule has 0 aliphatic heterocycles. The summed E-state index contributed by atoms with van der Waals surface area (Å²) >= 11 is 0. The molecule has 5 heteroatoms. The highest BCUT2D eigenvalue weighted by Gasteiger charge is 2.09. The number of nitrogens with zero attached hydrogens (tertiary/aromatic N) is 3. The van der Waals surface area contributed by atoms with Crippen LogP contribution < -0.4 is 5.12 Å². The minimum Gasteiger partial charge on any atom is -0.508 e. The summed E-state index contributed by atoms with van der Waals surface area (Å²) in [5, 5.41) is 28.3. The summed E-state index contributed by atoms with van der Waals surface area (Å²) in [6.45, 7) is 7.08. The molecule has 0 heterocycles. The fourth-order valence-electron chi connectivity index (χ4n) is 1.14. The van der Waals surface area contributed by atoms with Gasteiger partial charge in [-0.05, 0) is 18.2 Å². The molecule has 0 aliphatic rings. The van der Waals surface area contributed by atoms with Crippen LogP contribution in [0.1, 0.15) is 6.42 Å². The van der Waals surface area contributed by atoms with E-state index in [-0.39, 0.29) is 17.2 Å². The highest BCUT2D eigenvalue weighted by molar-refractivity contribution is 5.73. The maximum atomic E-state index is 9.71. The predicted molar refractivity (Wildman–Crippen MR) is 74.2 cm³/mol.